The summed E-state index contributed by atoms with van der Waals surface area (Å²) >= 11 is 0. The molecule has 2 atom stereocenters. The molecule has 2 aromatic carbocycles. The number of aliphatic hydroxyl groups is 1. The molecule has 3 aliphatic rings. The zero-order valence-electron chi connectivity index (χ0n) is 25.3. The van der Waals surface area contributed by atoms with Crippen molar-refractivity contribution >= 4 is 22.7 Å². The molecule has 2 N–H and O–H groups in total. The number of amides is 2. The average molecular weight is 633 g/mol. The van der Waals surface area contributed by atoms with Gasteiger partial charge in [0.2, 0.25) is 18.6 Å². The number of carbonyl (C=O) groups excluding carboxylic acids is 2. The summed E-state index contributed by atoms with van der Waals surface area (Å²) in [6.45, 7) is 3.19. The molecule has 0 saturated carbocycles. The molecule has 1 fully saturated rings. The lowest BCUT2D eigenvalue weighted by Crippen LogP contribution is -2.62. The Bertz CT molecular complexity index is 1700. The van der Waals surface area contributed by atoms with Crippen LogP contribution in [0.2, 0.25) is 0 Å². The molecule has 0 bridgehead atoms. The summed E-state index contributed by atoms with van der Waals surface area (Å²) in [5.41, 5.74) is 4.35. The molecule has 5 heterocycles. The molecule has 14 heteroatoms. The summed E-state index contributed by atoms with van der Waals surface area (Å²) in [5, 5.41) is 18.2. The maximum Gasteiger partial charge on any atom is 0.246 e. The number of carbonyl (C=O) groups is 2. The number of aromatic amines is 1. The van der Waals surface area contributed by atoms with E-state index in [1.54, 1.807) is 20.7 Å². The van der Waals surface area contributed by atoms with Gasteiger partial charge in [0.15, 0.2) is 11.5 Å². The Balaban J connectivity index is 1.02. The number of ether oxygens (including phenoxy) is 5. The number of rotatable bonds is 14. The monoisotopic (exact) mass is 632 g/mol. The van der Waals surface area contributed by atoms with Crippen molar-refractivity contribution in [3.05, 3.63) is 71.2 Å². The zero-order valence-corrected chi connectivity index (χ0v) is 25.3. The number of para-hydroxylation sites is 1. The summed E-state index contributed by atoms with van der Waals surface area (Å²) in [7, 11) is 0. The summed E-state index contributed by atoms with van der Waals surface area (Å²) in [5.74, 6) is 1.02. The minimum atomic E-state index is -0.671. The predicted octanol–water partition coefficient (Wildman–Crippen LogP) is 1.42. The number of aromatic nitrogens is 4. The van der Waals surface area contributed by atoms with E-state index in [2.05, 4.69) is 21.4 Å². The van der Waals surface area contributed by atoms with Crippen LogP contribution in [0, 0.1) is 0 Å². The molecular formula is C32H36N6O8. The minimum absolute atomic E-state index is 0.00503. The van der Waals surface area contributed by atoms with Gasteiger partial charge >= 0.3 is 0 Å². The lowest BCUT2D eigenvalue weighted by Gasteiger charge is -2.47. The van der Waals surface area contributed by atoms with E-state index < -0.39 is 12.1 Å². The Kier molecular flexibility index (Phi) is 8.83. The normalized spacial score (nSPS) is 18.8. The maximum atomic E-state index is 14.1. The average Bonchev–Trinajstić information content (AvgIpc) is 3.81. The van der Waals surface area contributed by atoms with Gasteiger partial charge in [-0.3, -0.25) is 9.59 Å². The molecule has 3 aliphatic heterocycles. The fraction of sp³-hybridized carbons (Fsp3) is 0.438. The van der Waals surface area contributed by atoms with Crippen molar-refractivity contribution < 1.29 is 38.4 Å². The third-order valence-corrected chi connectivity index (χ3v) is 8.44. The van der Waals surface area contributed by atoms with Gasteiger partial charge in [-0.05, 0) is 29.3 Å². The van der Waals surface area contributed by atoms with Crippen LogP contribution in [0.3, 0.4) is 0 Å². The van der Waals surface area contributed by atoms with Gasteiger partial charge in [0.05, 0.1) is 71.6 Å². The first-order valence-electron chi connectivity index (χ1n) is 15.4. The molecule has 0 unspecified atom stereocenters. The van der Waals surface area contributed by atoms with Crippen molar-refractivity contribution in [3.63, 3.8) is 0 Å². The number of aliphatic hydroxyl groups excluding tert-OH is 1. The van der Waals surface area contributed by atoms with Gasteiger partial charge in [-0.1, -0.05) is 29.5 Å². The van der Waals surface area contributed by atoms with Crippen LogP contribution in [0.15, 0.2) is 48.7 Å². The topological polar surface area (TPSA) is 154 Å². The molecular weight excluding hydrogens is 596 g/mol. The molecule has 242 valence electrons. The van der Waals surface area contributed by atoms with Gasteiger partial charge in [0.25, 0.3) is 0 Å². The third-order valence-electron chi connectivity index (χ3n) is 8.44. The van der Waals surface area contributed by atoms with Crippen molar-refractivity contribution in [1.82, 2.24) is 29.8 Å². The minimum Gasteiger partial charge on any atom is -0.454 e. The highest BCUT2D eigenvalue weighted by molar-refractivity contribution is 5.97. The SMILES string of the molecule is O=C1[C@H]2Cc3c([nH]c4ccccc34)[C@@H](c3ccc4c(c3)OCO4)N2C(=O)CN1Cc1cn(CCOCCOCCOCCO)nn1. The second kappa shape index (κ2) is 13.5. The van der Waals surface area contributed by atoms with Crippen LogP contribution in [-0.2, 0) is 43.3 Å². The molecule has 46 heavy (non-hydrogen) atoms. The highest BCUT2D eigenvalue weighted by Crippen LogP contribution is 2.45. The smallest absolute Gasteiger partial charge is 0.246 e. The Hall–Kier alpha value is -4.50. The zero-order chi connectivity index (χ0) is 31.5. The Labute approximate surface area is 264 Å². The summed E-state index contributed by atoms with van der Waals surface area (Å²) in [4.78, 5) is 34.9. The first kappa shape index (κ1) is 30.2. The number of hydrogen-bond donors (Lipinski definition) is 2. The standard InChI is InChI=1S/C32H36N6O8/c39-8-10-43-12-14-44-13-11-42-9-7-37-18-22(34-35-37)17-36-19-29(40)38-26(32(36)41)16-24-23-3-1-2-4-25(23)33-30(24)31(38)21-5-6-27-28(15-21)46-20-45-27/h1-6,15,18,26,31,33,39H,7-14,16-17,19-20H2/t26-,31-/m1/s1. The third kappa shape index (κ3) is 6.03. The molecule has 0 spiro atoms. The van der Waals surface area contributed by atoms with Crippen LogP contribution in [0.25, 0.3) is 10.9 Å². The van der Waals surface area contributed by atoms with Crippen molar-refractivity contribution in [2.24, 2.45) is 0 Å². The van der Waals surface area contributed by atoms with Crippen molar-refractivity contribution in [1.29, 1.82) is 0 Å². The molecule has 4 aromatic rings. The van der Waals surface area contributed by atoms with Gasteiger partial charge in [-0.25, -0.2) is 4.68 Å². The number of nitrogens with one attached hydrogen (secondary N) is 1. The predicted molar refractivity (Wildman–Crippen MR) is 162 cm³/mol. The van der Waals surface area contributed by atoms with Crippen LogP contribution in [0.1, 0.15) is 28.6 Å². The van der Waals surface area contributed by atoms with Gasteiger partial charge < -0.3 is 43.6 Å². The molecule has 2 amide bonds. The summed E-state index contributed by atoms with van der Waals surface area (Å²) < 4.78 is 29.0. The summed E-state index contributed by atoms with van der Waals surface area (Å²) in [6, 6.07) is 12.6. The molecule has 0 aliphatic carbocycles. The van der Waals surface area contributed by atoms with E-state index in [0.717, 1.165) is 27.7 Å². The van der Waals surface area contributed by atoms with Crippen LogP contribution >= 0.6 is 0 Å². The Morgan fingerprint density at radius 2 is 1.74 bits per heavy atom. The molecule has 7 rings (SSSR count). The largest absolute Gasteiger partial charge is 0.454 e. The highest BCUT2D eigenvalue weighted by atomic mass is 16.7. The fourth-order valence-electron chi connectivity index (χ4n) is 6.37. The second-order valence-corrected chi connectivity index (χ2v) is 11.3. The molecule has 0 radical (unpaired) electrons. The lowest BCUT2D eigenvalue weighted by molar-refractivity contribution is -0.159. The Morgan fingerprint density at radius 1 is 0.957 bits per heavy atom. The van der Waals surface area contributed by atoms with Gasteiger partial charge in [0, 0.05) is 23.0 Å². The number of fused-ring (bicyclic) bond motifs is 5. The number of piperazine rings is 1. The number of nitrogens with zero attached hydrogens (tertiary/aromatic N) is 5. The number of H-pyrrole nitrogens is 1. The highest BCUT2D eigenvalue weighted by Gasteiger charge is 2.48. The van der Waals surface area contributed by atoms with E-state index in [9.17, 15) is 9.59 Å². The molecule has 1 saturated heterocycles. The van der Waals surface area contributed by atoms with Crippen molar-refractivity contribution in [2.75, 3.05) is 59.6 Å². The lowest BCUT2D eigenvalue weighted by atomic mass is 9.86. The van der Waals surface area contributed by atoms with Crippen LogP contribution in [-0.4, -0.2) is 112 Å². The van der Waals surface area contributed by atoms with E-state index >= 15 is 0 Å². The van der Waals surface area contributed by atoms with E-state index in [1.807, 2.05) is 36.4 Å². The Morgan fingerprint density at radius 3 is 2.59 bits per heavy atom. The maximum absolute atomic E-state index is 14.1. The molecule has 2 aromatic heterocycles. The van der Waals surface area contributed by atoms with Crippen LogP contribution < -0.4 is 9.47 Å². The van der Waals surface area contributed by atoms with Gasteiger partial charge in [0.1, 0.15) is 18.3 Å². The fourth-order valence-corrected chi connectivity index (χ4v) is 6.37. The quantitative estimate of drug-likeness (QED) is 0.195. The van der Waals surface area contributed by atoms with E-state index in [4.69, 9.17) is 28.8 Å². The van der Waals surface area contributed by atoms with E-state index in [0.29, 0.717) is 69.8 Å². The summed E-state index contributed by atoms with van der Waals surface area (Å²) in [6.07, 6.45) is 2.18. The first-order valence-corrected chi connectivity index (χ1v) is 15.4. The van der Waals surface area contributed by atoms with Crippen LogP contribution in [0.5, 0.6) is 11.5 Å². The van der Waals surface area contributed by atoms with Crippen molar-refractivity contribution in [3.8, 4) is 11.5 Å². The van der Waals surface area contributed by atoms with Gasteiger partial charge in [-0.2, -0.15) is 0 Å². The van der Waals surface area contributed by atoms with E-state index in [-0.39, 0.29) is 38.3 Å². The van der Waals surface area contributed by atoms with Crippen molar-refractivity contribution in [2.45, 2.75) is 31.6 Å². The first-order chi connectivity index (χ1) is 22.6. The molecule has 14 nitrogen and oxygen atoms in total. The number of benzene rings is 2. The second-order valence-electron chi connectivity index (χ2n) is 11.3. The van der Waals surface area contributed by atoms with Crippen LogP contribution in [0.4, 0.5) is 0 Å². The number of hydrogen-bond acceptors (Lipinski definition) is 10. The van der Waals surface area contributed by atoms with E-state index in [1.165, 1.54) is 0 Å². The van der Waals surface area contributed by atoms with Gasteiger partial charge in [-0.15, -0.1) is 5.10 Å².